The van der Waals surface area contributed by atoms with E-state index in [0.717, 1.165) is 47.9 Å². The van der Waals surface area contributed by atoms with E-state index in [1.165, 1.54) is 5.52 Å². The number of non-ortho nitro benzene ring substituents is 1. The molecule has 172 valence electrons. The van der Waals surface area contributed by atoms with Gasteiger partial charge in [0.05, 0.1) is 16.0 Å². The number of benzene rings is 2. The van der Waals surface area contributed by atoms with Crippen LogP contribution in [0.2, 0.25) is 0 Å². The summed E-state index contributed by atoms with van der Waals surface area (Å²) >= 11 is 1.58. The summed E-state index contributed by atoms with van der Waals surface area (Å²) in [5.74, 6) is 1.76. The van der Waals surface area contributed by atoms with Crippen molar-refractivity contribution in [2.45, 2.75) is 71.2 Å². The Balaban J connectivity index is 1.95. The molecule has 0 bridgehead atoms. The molecule has 0 aliphatic heterocycles. The van der Waals surface area contributed by atoms with Crippen LogP contribution in [0.15, 0.2) is 47.4 Å². The average Bonchev–Trinajstić information content (AvgIpc) is 3.14. The van der Waals surface area contributed by atoms with E-state index in [1.54, 1.807) is 36.2 Å². The normalized spacial score (nSPS) is 12.0. The van der Waals surface area contributed by atoms with Crippen molar-refractivity contribution in [3.05, 3.63) is 58.4 Å². The van der Waals surface area contributed by atoms with E-state index < -0.39 is 0 Å². The number of fused-ring (bicyclic) bond motifs is 1. The monoisotopic (exact) mass is 454 g/mol. The van der Waals surface area contributed by atoms with Gasteiger partial charge in [0.1, 0.15) is 5.82 Å². The molecule has 0 saturated heterocycles. The SMILES string of the molecule is CCC(CC)Cn1c(C(C)(C)C)nc2cc(N(CC)Sc3ccc([N+](=O)[O-])cc3)ccc21. The smallest absolute Gasteiger partial charge is 0.269 e. The van der Waals surface area contributed by atoms with Crippen LogP contribution in [0.4, 0.5) is 11.4 Å². The third-order valence-electron chi connectivity index (χ3n) is 5.84. The fourth-order valence-electron chi connectivity index (χ4n) is 3.89. The zero-order chi connectivity index (χ0) is 23.5. The lowest BCUT2D eigenvalue weighted by molar-refractivity contribution is -0.384. The zero-order valence-electron chi connectivity index (χ0n) is 20.0. The van der Waals surface area contributed by atoms with E-state index in [0.29, 0.717) is 5.92 Å². The van der Waals surface area contributed by atoms with E-state index in [4.69, 9.17) is 4.98 Å². The van der Waals surface area contributed by atoms with Crippen LogP contribution < -0.4 is 4.31 Å². The van der Waals surface area contributed by atoms with Gasteiger partial charge in [-0.25, -0.2) is 4.98 Å². The highest BCUT2D eigenvalue weighted by atomic mass is 32.2. The average molecular weight is 455 g/mol. The maximum atomic E-state index is 10.9. The van der Waals surface area contributed by atoms with Crippen molar-refractivity contribution in [3.63, 3.8) is 0 Å². The second-order valence-electron chi connectivity index (χ2n) is 9.19. The van der Waals surface area contributed by atoms with Crippen molar-refractivity contribution in [3.8, 4) is 0 Å². The molecule has 0 spiro atoms. The van der Waals surface area contributed by atoms with Crippen molar-refractivity contribution in [1.82, 2.24) is 9.55 Å². The van der Waals surface area contributed by atoms with Gasteiger partial charge in [0, 0.05) is 41.2 Å². The van der Waals surface area contributed by atoms with Gasteiger partial charge in [-0.3, -0.25) is 10.1 Å². The Hall–Kier alpha value is -2.54. The molecular formula is C25H34N4O2S. The van der Waals surface area contributed by atoms with Gasteiger partial charge < -0.3 is 8.87 Å². The molecule has 0 aliphatic carbocycles. The molecule has 0 atom stereocenters. The van der Waals surface area contributed by atoms with Gasteiger partial charge in [-0.15, -0.1) is 0 Å². The Labute approximate surface area is 195 Å². The van der Waals surface area contributed by atoms with E-state index in [-0.39, 0.29) is 16.0 Å². The van der Waals surface area contributed by atoms with Crippen molar-refractivity contribution >= 4 is 34.4 Å². The first-order chi connectivity index (χ1) is 15.2. The third-order valence-corrected chi connectivity index (χ3v) is 7.01. The molecule has 2 aromatic carbocycles. The standard InChI is InChI=1S/C25H34N4O2S/c1-7-18(8-2)17-27-23-15-12-20(16-22(23)26-24(27)25(4,5)6)28(9-3)32-21-13-10-19(11-14-21)29(30)31/h10-16,18H,7-9,17H2,1-6H3. The van der Waals surface area contributed by atoms with E-state index in [9.17, 15) is 10.1 Å². The Morgan fingerprint density at radius 3 is 2.28 bits per heavy atom. The number of hydrogen-bond donors (Lipinski definition) is 0. The number of anilines is 1. The minimum atomic E-state index is -0.370. The summed E-state index contributed by atoms with van der Waals surface area (Å²) in [5, 5.41) is 10.9. The molecular weight excluding hydrogens is 420 g/mol. The molecule has 0 aliphatic rings. The molecule has 6 nitrogen and oxygen atoms in total. The summed E-state index contributed by atoms with van der Waals surface area (Å²) in [4.78, 5) is 16.6. The zero-order valence-corrected chi connectivity index (χ0v) is 20.8. The third kappa shape index (κ3) is 5.26. The summed E-state index contributed by atoms with van der Waals surface area (Å²) in [6.45, 7) is 15.1. The number of nitrogens with zero attached hydrogens (tertiary/aromatic N) is 4. The van der Waals surface area contributed by atoms with Gasteiger partial charge >= 0.3 is 0 Å². The maximum absolute atomic E-state index is 10.9. The first kappa shape index (κ1) is 24.1. The number of aromatic nitrogens is 2. The first-order valence-electron chi connectivity index (χ1n) is 11.4. The number of nitro benzene ring substituents is 1. The Kier molecular flexibility index (Phi) is 7.49. The van der Waals surface area contributed by atoms with E-state index in [1.807, 2.05) is 0 Å². The van der Waals surface area contributed by atoms with Gasteiger partial charge in [-0.2, -0.15) is 0 Å². The minimum absolute atomic E-state index is 0.0385. The van der Waals surface area contributed by atoms with Crippen molar-refractivity contribution in [1.29, 1.82) is 0 Å². The minimum Gasteiger partial charge on any atom is -0.327 e. The van der Waals surface area contributed by atoms with Crippen LogP contribution in [0.5, 0.6) is 0 Å². The Morgan fingerprint density at radius 1 is 1.09 bits per heavy atom. The summed E-state index contributed by atoms with van der Waals surface area (Å²) < 4.78 is 4.60. The quantitative estimate of drug-likeness (QED) is 0.194. The molecule has 0 unspecified atom stereocenters. The van der Waals surface area contributed by atoms with Crippen LogP contribution in [0.3, 0.4) is 0 Å². The van der Waals surface area contributed by atoms with Gasteiger partial charge in [-0.1, -0.05) is 47.5 Å². The lowest BCUT2D eigenvalue weighted by Gasteiger charge is -2.23. The van der Waals surface area contributed by atoms with Gasteiger partial charge in [0.15, 0.2) is 0 Å². The Bertz CT molecular complexity index is 1070. The molecule has 3 rings (SSSR count). The second kappa shape index (κ2) is 9.94. The van der Waals surface area contributed by atoms with Crippen LogP contribution in [0.1, 0.15) is 60.2 Å². The molecule has 0 amide bonds. The van der Waals surface area contributed by atoms with E-state index >= 15 is 0 Å². The van der Waals surface area contributed by atoms with Gasteiger partial charge in [0.2, 0.25) is 0 Å². The molecule has 0 N–H and O–H groups in total. The van der Waals surface area contributed by atoms with Crippen LogP contribution in [0.25, 0.3) is 11.0 Å². The lowest BCUT2D eigenvalue weighted by Crippen LogP contribution is -2.21. The number of nitro groups is 1. The van der Waals surface area contributed by atoms with E-state index in [2.05, 4.69) is 68.6 Å². The first-order valence-corrected chi connectivity index (χ1v) is 12.2. The van der Waals surface area contributed by atoms with Crippen molar-refractivity contribution < 1.29 is 4.92 Å². The second-order valence-corrected chi connectivity index (χ2v) is 10.3. The van der Waals surface area contributed by atoms with Crippen LogP contribution in [-0.2, 0) is 12.0 Å². The van der Waals surface area contributed by atoms with Crippen LogP contribution in [-0.4, -0.2) is 21.0 Å². The molecule has 0 radical (unpaired) electrons. The topological polar surface area (TPSA) is 64.2 Å². The predicted molar refractivity (Wildman–Crippen MR) is 134 cm³/mol. The van der Waals surface area contributed by atoms with Crippen molar-refractivity contribution in [2.24, 2.45) is 5.92 Å². The molecule has 0 saturated carbocycles. The molecule has 32 heavy (non-hydrogen) atoms. The van der Waals surface area contributed by atoms with Gasteiger partial charge in [-0.05, 0) is 55.1 Å². The van der Waals surface area contributed by atoms with Crippen molar-refractivity contribution in [2.75, 3.05) is 10.8 Å². The predicted octanol–water partition coefficient (Wildman–Crippen LogP) is 7.21. The Morgan fingerprint density at radius 2 is 1.75 bits per heavy atom. The number of rotatable bonds is 9. The molecule has 1 heterocycles. The molecule has 0 fully saturated rings. The number of hydrogen-bond acceptors (Lipinski definition) is 5. The summed E-state index contributed by atoms with van der Waals surface area (Å²) in [5.41, 5.74) is 3.35. The highest BCUT2D eigenvalue weighted by Gasteiger charge is 2.24. The fraction of sp³-hybridized carbons (Fsp3) is 0.480. The number of imidazole rings is 1. The summed E-state index contributed by atoms with van der Waals surface area (Å²) in [7, 11) is 0. The van der Waals surface area contributed by atoms with Crippen LogP contribution in [0, 0.1) is 16.0 Å². The molecule has 3 aromatic rings. The largest absolute Gasteiger partial charge is 0.327 e. The van der Waals surface area contributed by atoms with Gasteiger partial charge in [0.25, 0.3) is 5.69 Å². The summed E-state index contributed by atoms with van der Waals surface area (Å²) in [6.07, 6.45) is 2.32. The highest BCUT2D eigenvalue weighted by molar-refractivity contribution is 8.00. The maximum Gasteiger partial charge on any atom is 0.269 e. The lowest BCUT2D eigenvalue weighted by atomic mass is 9.95. The van der Waals surface area contributed by atoms with Crippen LogP contribution >= 0.6 is 11.9 Å². The summed E-state index contributed by atoms with van der Waals surface area (Å²) in [6, 6.07) is 13.2. The fourth-order valence-corrected chi connectivity index (χ4v) is 4.75. The molecule has 1 aromatic heterocycles. The highest BCUT2D eigenvalue weighted by Crippen LogP contribution is 2.34. The molecule has 7 heteroatoms.